The van der Waals surface area contributed by atoms with Gasteiger partial charge in [-0.2, -0.15) is 0 Å². The Kier molecular flexibility index (Phi) is 2.60. The second kappa shape index (κ2) is 4.46. The van der Waals surface area contributed by atoms with Crippen molar-refractivity contribution in [2.75, 3.05) is 6.54 Å². The van der Waals surface area contributed by atoms with E-state index in [2.05, 4.69) is 53.6 Å². The van der Waals surface area contributed by atoms with E-state index in [1.165, 1.54) is 16.7 Å². The Labute approximate surface area is 117 Å². The number of aromatic nitrogens is 1. The van der Waals surface area contributed by atoms with Gasteiger partial charge in [0.25, 0.3) is 0 Å². The average Bonchev–Trinajstić information content (AvgIpc) is 2.89. The molecule has 4 rings (SSSR count). The molecule has 0 spiro atoms. The highest BCUT2D eigenvalue weighted by molar-refractivity contribution is 5.73. The molecule has 20 heavy (non-hydrogen) atoms. The third kappa shape index (κ3) is 1.82. The molecule has 0 aliphatic carbocycles. The minimum absolute atomic E-state index is 0.0626. The van der Waals surface area contributed by atoms with E-state index in [9.17, 15) is 0 Å². The van der Waals surface area contributed by atoms with Crippen molar-refractivity contribution < 1.29 is 4.42 Å². The summed E-state index contributed by atoms with van der Waals surface area (Å²) in [6.07, 6.45) is 1.06. The van der Waals surface area contributed by atoms with Gasteiger partial charge < -0.3 is 9.73 Å². The van der Waals surface area contributed by atoms with Gasteiger partial charge >= 0.3 is 0 Å². The van der Waals surface area contributed by atoms with Crippen LogP contribution in [0.15, 0.2) is 46.9 Å². The molecule has 1 unspecified atom stereocenters. The number of nitrogens with one attached hydrogen (secondary N) is 1. The lowest BCUT2D eigenvalue weighted by atomic mass is 9.94. The molecule has 1 aliphatic rings. The van der Waals surface area contributed by atoms with E-state index in [0.717, 1.165) is 30.0 Å². The highest BCUT2D eigenvalue weighted by Crippen LogP contribution is 2.30. The zero-order chi connectivity index (χ0) is 13.5. The molecule has 0 amide bonds. The minimum Gasteiger partial charge on any atom is -0.439 e. The minimum atomic E-state index is 0.0626. The lowest BCUT2D eigenvalue weighted by molar-refractivity contribution is 0.439. The third-order valence-electron chi connectivity index (χ3n) is 3.92. The van der Waals surface area contributed by atoms with E-state index >= 15 is 0 Å². The zero-order valence-corrected chi connectivity index (χ0v) is 11.4. The number of oxazole rings is 1. The maximum Gasteiger partial charge on any atom is 0.217 e. The van der Waals surface area contributed by atoms with Gasteiger partial charge in [-0.05, 0) is 42.2 Å². The Morgan fingerprint density at radius 2 is 2.10 bits per heavy atom. The predicted molar refractivity (Wildman–Crippen MR) is 78.7 cm³/mol. The topological polar surface area (TPSA) is 38.1 Å². The van der Waals surface area contributed by atoms with Gasteiger partial charge in [-0.3, -0.25) is 0 Å². The fourth-order valence-electron chi connectivity index (χ4n) is 2.90. The van der Waals surface area contributed by atoms with E-state index in [1.807, 2.05) is 6.07 Å². The Bertz CT molecular complexity index is 776. The normalized spacial score (nSPS) is 18.1. The highest BCUT2D eigenvalue weighted by Gasteiger charge is 2.25. The number of nitrogens with zero attached hydrogens (tertiary/aromatic N) is 1. The van der Waals surface area contributed by atoms with Gasteiger partial charge in [0.05, 0.1) is 0 Å². The van der Waals surface area contributed by atoms with Crippen LogP contribution in [0.1, 0.15) is 28.6 Å². The predicted octanol–water partition coefficient (Wildman–Crippen LogP) is 3.37. The Balaban J connectivity index is 1.84. The van der Waals surface area contributed by atoms with Crippen LogP contribution >= 0.6 is 0 Å². The fraction of sp³-hybridized carbons (Fsp3) is 0.235. The van der Waals surface area contributed by atoms with Crippen molar-refractivity contribution in [2.45, 2.75) is 19.4 Å². The smallest absolute Gasteiger partial charge is 0.217 e. The summed E-state index contributed by atoms with van der Waals surface area (Å²) in [6, 6.07) is 14.7. The summed E-state index contributed by atoms with van der Waals surface area (Å²) < 4.78 is 5.95. The zero-order valence-electron chi connectivity index (χ0n) is 11.4. The maximum atomic E-state index is 5.95. The summed E-state index contributed by atoms with van der Waals surface area (Å²) >= 11 is 0. The van der Waals surface area contributed by atoms with Gasteiger partial charge in [-0.1, -0.05) is 30.3 Å². The second-order valence-electron chi connectivity index (χ2n) is 5.36. The molecule has 1 aromatic heterocycles. The van der Waals surface area contributed by atoms with Crippen LogP contribution in [0.2, 0.25) is 0 Å². The molecule has 1 aliphatic heterocycles. The molecule has 1 N–H and O–H groups in total. The highest BCUT2D eigenvalue weighted by atomic mass is 16.3. The average molecular weight is 264 g/mol. The van der Waals surface area contributed by atoms with Gasteiger partial charge in [-0.25, -0.2) is 4.98 Å². The van der Waals surface area contributed by atoms with E-state index in [4.69, 9.17) is 4.42 Å². The van der Waals surface area contributed by atoms with Crippen molar-refractivity contribution in [1.29, 1.82) is 0 Å². The van der Waals surface area contributed by atoms with Gasteiger partial charge in [0.2, 0.25) is 5.89 Å². The van der Waals surface area contributed by atoms with Gasteiger partial charge in [-0.15, -0.1) is 0 Å². The van der Waals surface area contributed by atoms with Crippen molar-refractivity contribution in [3.63, 3.8) is 0 Å². The summed E-state index contributed by atoms with van der Waals surface area (Å²) in [5.41, 5.74) is 5.66. The van der Waals surface area contributed by atoms with Crippen LogP contribution in [0, 0.1) is 6.92 Å². The molecule has 3 nitrogen and oxygen atoms in total. The first kappa shape index (κ1) is 11.7. The number of rotatable bonds is 1. The first-order valence-corrected chi connectivity index (χ1v) is 6.99. The summed E-state index contributed by atoms with van der Waals surface area (Å²) in [5, 5.41) is 3.51. The monoisotopic (exact) mass is 264 g/mol. The SMILES string of the molecule is Cc1ccc2oc(C3NCCc4ccccc43)nc2c1. The van der Waals surface area contributed by atoms with Crippen LogP contribution in [0.5, 0.6) is 0 Å². The summed E-state index contributed by atoms with van der Waals surface area (Å²) in [4.78, 5) is 4.67. The largest absolute Gasteiger partial charge is 0.439 e. The summed E-state index contributed by atoms with van der Waals surface area (Å²) in [7, 11) is 0. The molecule has 0 bridgehead atoms. The lowest BCUT2D eigenvalue weighted by Gasteiger charge is -2.24. The number of hydrogen-bond acceptors (Lipinski definition) is 3. The number of hydrogen-bond donors (Lipinski definition) is 1. The molecule has 0 saturated heterocycles. The van der Waals surface area contributed by atoms with Crippen molar-refractivity contribution in [1.82, 2.24) is 10.3 Å². The molecule has 0 fully saturated rings. The molecular weight excluding hydrogens is 248 g/mol. The molecule has 0 saturated carbocycles. The molecule has 0 radical (unpaired) electrons. The van der Waals surface area contributed by atoms with Crippen molar-refractivity contribution >= 4 is 11.1 Å². The van der Waals surface area contributed by atoms with Crippen LogP contribution in [0.25, 0.3) is 11.1 Å². The van der Waals surface area contributed by atoms with Crippen LogP contribution in [-0.2, 0) is 6.42 Å². The standard InChI is InChI=1S/C17H16N2O/c1-11-6-7-15-14(10-11)19-17(20-15)16-13-5-3-2-4-12(13)8-9-18-16/h2-7,10,16,18H,8-9H2,1H3. The molecule has 2 aromatic carbocycles. The Morgan fingerprint density at radius 1 is 1.20 bits per heavy atom. The number of aryl methyl sites for hydroxylation is 1. The van der Waals surface area contributed by atoms with Crippen molar-refractivity contribution in [3.8, 4) is 0 Å². The van der Waals surface area contributed by atoms with E-state index in [-0.39, 0.29) is 6.04 Å². The fourth-order valence-corrected chi connectivity index (χ4v) is 2.90. The number of fused-ring (bicyclic) bond motifs is 2. The molecule has 1 atom stereocenters. The van der Waals surface area contributed by atoms with Gasteiger partial charge in [0, 0.05) is 6.54 Å². The first-order valence-electron chi connectivity index (χ1n) is 6.99. The van der Waals surface area contributed by atoms with Crippen molar-refractivity contribution in [3.05, 3.63) is 65.0 Å². The maximum absolute atomic E-state index is 5.95. The van der Waals surface area contributed by atoms with Gasteiger partial charge in [0.1, 0.15) is 11.6 Å². The molecule has 3 heteroatoms. The van der Waals surface area contributed by atoms with E-state index in [1.54, 1.807) is 0 Å². The van der Waals surface area contributed by atoms with E-state index < -0.39 is 0 Å². The van der Waals surface area contributed by atoms with Crippen LogP contribution in [-0.4, -0.2) is 11.5 Å². The van der Waals surface area contributed by atoms with Crippen LogP contribution in [0.3, 0.4) is 0 Å². The van der Waals surface area contributed by atoms with Crippen LogP contribution in [0.4, 0.5) is 0 Å². The van der Waals surface area contributed by atoms with Crippen molar-refractivity contribution in [2.24, 2.45) is 0 Å². The summed E-state index contributed by atoms with van der Waals surface area (Å²) in [6.45, 7) is 3.03. The molecular formula is C17H16N2O. The third-order valence-corrected chi connectivity index (χ3v) is 3.92. The lowest BCUT2D eigenvalue weighted by Crippen LogP contribution is -2.30. The molecule has 3 aromatic rings. The quantitative estimate of drug-likeness (QED) is 0.732. The first-order chi connectivity index (χ1) is 9.81. The second-order valence-corrected chi connectivity index (χ2v) is 5.36. The Hall–Kier alpha value is -2.13. The number of benzene rings is 2. The summed E-state index contributed by atoms with van der Waals surface area (Å²) in [5.74, 6) is 0.762. The molecule has 2 heterocycles. The van der Waals surface area contributed by atoms with Gasteiger partial charge in [0.15, 0.2) is 5.58 Å². The van der Waals surface area contributed by atoms with E-state index in [0.29, 0.717) is 0 Å². The van der Waals surface area contributed by atoms with Crippen LogP contribution < -0.4 is 5.32 Å². The molecule has 100 valence electrons. The Morgan fingerprint density at radius 3 is 3.05 bits per heavy atom.